The van der Waals surface area contributed by atoms with Crippen molar-refractivity contribution in [3.63, 3.8) is 0 Å². The summed E-state index contributed by atoms with van der Waals surface area (Å²) in [6, 6.07) is 5.42. The molecule has 0 bridgehead atoms. The minimum absolute atomic E-state index is 0.234. The number of aryl methyl sites for hydroxylation is 1. The molecule has 2 aromatic rings. The van der Waals surface area contributed by atoms with Crippen LogP contribution in [0.3, 0.4) is 0 Å². The van der Waals surface area contributed by atoms with Gasteiger partial charge in [-0.25, -0.2) is 4.79 Å². The van der Waals surface area contributed by atoms with Gasteiger partial charge in [0.15, 0.2) is 0 Å². The van der Waals surface area contributed by atoms with Gasteiger partial charge in [0.05, 0.1) is 10.9 Å². The highest BCUT2D eigenvalue weighted by Crippen LogP contribution is 2.09. The van der Waals surface area contributed by atoms with Crippen molar-refractivity contribution >= 4 is 10.9 Å². The van der Waals surface area contributed by atoms with Crippen LogP contribution in [0.25, 0.3) is 10.9 Å². The number of likely N-dealkylation sites (N-methyl/N-ethyl adjacent to an activating group) is 1. The number of para-hydroxylation sites is 1. The Morgan fingerprint density at radius 1 is 1.35 bits per heavy atom. The number of rotatable bonds is 3. The zero-order chi connectivity index (χ0) is 12.4. The second-order valence-electron chi connectivity index (χ2n) is 3.99. The summed E-state index contributed by atoms with van der Waals surface area (Å²) in [6.45, 7) is 2.82. The molecule has 5 nitrogen and oxygen atoms in total. The molecule has 0 fully saturated rings. The van der Waals surface area contributed by atoms with Crippen LogP contribution >= 0.6 is 0 Å². The smallest absolute Gasteiger partial charge is 0.318 e. The largest absolute Gasteiger partial charge is 0.328 e. The van der Waals surface area contributed by atoms with Crippen molar-refractivity contribution in [3.8, 4) is 0 Å². The van der Waals surface area contributed by atoms with Crippen LogP contribution in [0, 0.1) is 6.92 Å². The normalized spacial score (nSPS) is 10.9. The lowest BCUT2D eigenvalue weighted by atomic mass is 10.1. The minimum atomic E-state index is -0.355. The van der Waals surface area contributed by atoms with Crippen molar-refractivity contribution < 1.29 is 0 Å². The van der Waals surface area contributed by atoms with Gasteiger partial charge in [0.25, 0.3) is 5.56 Å². The molecule has 0 unspecified atom stereocenters. The Hall–Kier alpha value is -1.88. The number of H-pyrrole nitrogens is 1. The number of hydrogen-bond acceptors (Lipinski definition) is 3. The molecule has 1 aromatic heterocycles. The van der Waals surface area contributed by atoms with Crippen LogP contribution in [0.15, 0.2) is 27.8 Å². The van der Waals surface area contributed by atoms with Gasteiger partial charge in [-0.05, 0) is 25.6 Å². The first-order valence-corrected chi connectivity index (χ1v) is 5.52. The molecule has 2 rings (SSSR count). The predicted octanol–water partition coefficient (Wildman–Crippen LogP) is 0.218. The van der Waals surface area contributed by atoms with E-state index in [1.54, 1.807) is 13.1 Å². The number of fused-ring (bicyclic) bond motifs is 1. The SMILES string of the molecule is CNCCn1c(=O)[nH]c2c(C)cccc2c1=O. The number of nitrogens with one attached hydrogen (secondary N) is 2. The van der Waals surface area contributed by atoms with Crippen molar-refractivity contribution in [2.75, 3.05) is 13.6 Å². The summed E-state index contributed by atoms with van der Waals surface area (Å²) in [6.07, 6.45) is 0. The number of benzene rings is 1. The van der Waals surface area contributed by atoms with E-state index in [9.17, 15) is 9.59 Å². The first-order valence-electron chi connectivity index (χ1n) is 5.52. The molecule has 0 aliphatic carbocycles. The molecule has 0 saturated carbocycles. The fraction of sp³-hybridized carbons (Fsp3) is 0.333. The quantitative estimate of drug-likeness (QED) is 0.796. The Bertz CT molecular complexity index is 655. The highest BCUT2D eigenvalue weighted by atomic mass is 16.2. The molecule has 0 saturated heterocycles. The van der Waals surface area contributed by atoms with Gasteiger partial charge in [0, 0.05) is 13.1 Å². The van der Waals surface area contributed by atoms with Crippen molar-refractivity contribution in [3.05, 3.63) is 44.6 Å². The average molecular weight is 233 g/mol. The number of hydrogen-bond donors (Lipinski definition) is 2. The molecule has 0 amide bonds. The Kier molecular flexibility index (Phi) is 3.10. The number of aromatic amines is 1. The monoisotopic (exact) mass is 233 g/mol. The molecule has 90 valence electrons. The average Bonchev–Trinajstić information content (AvgIpc) is 2.31. The van der Waals surface area contributed by atoms with Crippen molar-refractivity contribution in [2.45, 2.75) is 13.5 Å². The first kappa shape index (κ1) is 11.6. The van der Waals surface area contributed by atoms with Crippen LogP contribution in [0.2, 0.25) is 0 Å². The van der Waals surface area contributed by atoms with E-state index >= 15 is 0 Å². The Morgan fingerprint density at radius 2 is 2.12 bits per heavy atom. The maximum atomic E-state index is 12.1. The number of nitrogens with zero attached hydrogens (tertiary/aromatic N) is 1. The molecule has 0 atom stereocenters. The second-order valence-corrected chi connectivity index (χ2v) is 3.99. The van der Waals surface area contributed by atoms with Crippen molar-refractivity contribution in [1.29, 1.82) is 0 Å². The van der Waals surface area contributed by atoms with Gasteiger partial charge in [-0.15, -0.1) is 0 Å². The molecule has 1 heterocycles. The summed E-state index contributed by atoms with van der Waals surface area (Å²) in [5.41, 5.74) is 0.940. The molecule has 0 radical (unpaired) electrons. The van der Waals surface area contributed by atoms with Crippen molar-refractivity contribution in [1.82, 2.24) is 14.9 Å². The lowest BCUT2D eigenvalue weighted by molar-refractivity contribution is 0.602. The molecular formula is C12H15N3O2. The van der Waals surface area contributed by atoms with E-state index in [1.165, 1.54) is 4.57 Å². The maximum absolute atomic E-state index is 12.1. The lowest BCUT2D eigenvalue weighted by Crippen LogP contribution is -2.37. The highest BCUT2D eigenvalue weighted by Gasteiger charge is 2.07. The van der Waals surface area contributed by atoms with E-state index in [4.69, 9.17) is 0 Å². The molecule has 17 heavy (non-hydrogen) atoms. The van der Waals surface area contributed by atoms with E-state index in [1.807, 2.05) is 19.1 Å². The lowest BCUT2D eigenvalue weighted by Gasteiger charge is -2.07. The minimum Gasteiger partial charge on any atom is -0.318 e. The van der Waals surface area contributed by atoms with E-state index in [-0.39, 0.29) is 11.2 Å². The molecule has 5 heteroatoms. The Balaban J connectivity index is 2.73. The molecule has 2 N–H and O–H groups in total. The fourth-order valence-electron chi connectivity index (χ4n) is 1.85. The van der Waals surface area contributed by atoms with Crippen LogP contribution in [0.4, 0.5) is 0 Å². The Morgan fingerprint density at radius 3 is 2.82 bits per heavy atom. The van der Waals surface area contributed by atoms with E-state index in [0.29, 0.717) is 24.0 Å². The third kappa shape index (κ3) is 2.01. The molecule has 1 aromatic carbocycles. The third-order valence-electron chi connectivity index (χ3n) is 2.81. The molecular weight excluding hydrogens is 218 g/mol. The van der Waals surface area contributed by atoms with Crippen LogP contribution in [0.5, 0.6) is 0 Å². The standard InChI is InChI=1S/C12H15N3O2/c1-8-4-3-5-9-10(8)14-12(17)15(11(9)16)7-6-13-2/h3-5,13H,6-7H2,1-2H3,(H,14,17). The first-order chi connectivity index (χ1) is 8.15. The van der Waals surface area contributed by atoms with Gasteiger partial charge >= 0.3 is 5.69 Å². The molecule has 0 aliphatic heterocycles. The second kappa shape index (κ2) is 4.55. The Labute approximate surface area is 98.1 Å². The summed E-state index contributed by atoms with van der Waals surface area (Å²) in [5, 5.41) is 3.47. The third-order valence-corrected chi connectivity index (χ3v) is 2.81. The zero-order valence-corrected chi connectivity index (χ0v) is 9.91. The van der Waals surface area contributed by atoms with Gasteiger partial charge < -0.3 is 10.3 Å². The van der Waals surface area contributed by atoms with Gasteiger partial charge in [-0.3, -0.25) is 9.36 Å². The van der Waals surface area contributed by atoms with Crippen LogP contribution in [-0.4, -0.2) is 23.1 Å². The maximum Gasteiger partial charge on any atom is 0.328 e. The summed E-state index contributed by atoms with van der Waals surface area (Å²) in [7, 11) is 1.78. The molecule has 0 spiro atoms. The van der Waals surface area contributed by atoms with Gasteiger partial charge in [-0.1, -0.05) is 12.1 Å². The summed E-state index contributed by atoms with van der Waals surface area (Å²) < 4.78 is 1.22. The van der Waals surface area contributed by atoms with Crippen LogP contribution in [0.1, 0.15) is 5.56 Å². The fourth-order valence-corrected chi connectivity index (χ4v) is 1.85. The highest BCUT2D eigenvalue weighted by molar-refractivity contribution is 5.80. The van der Waals surface area contributed by atoms with E-state index < -0.39 is 0 Å². The summed E-state index contributed by atoms with van der Waals surface area (Å²) in [5.74, 6) is 0. The zero-order valence-electron chi connectivity index (χ0n) is 9.91. The molecule has 0 aliphatic rings. The van der Waals surface area contributed by atoms with E-state index in [0.717, 1.165) is 5.56 Å². The number of aromatic nitrogens is 2. The predicted molar refractivity (Wildman–Crippen MR) is 67.5 cm³/mol. The van der Waals surface area contributed by atoms with E-state index in [2.05, 4.69) is 10.3 Å². The van der Waals surface area contributed by atoms with Gasteiger partial charge in [0.1, 0.15) is 0 Å². The van der Waals surface area contributed by atoms with Crippen molar-refractivity contribution in [2.24, 2.45) is 0 Å². The summed E-state index contributed by atoms with van der Waals surface area (Å²) >= 11 is 0. The summed E-state index contributed by atoms with van der Waals surface area (Å²) in [4.78, 5) is 26.7. The van der Waals surface area contributed by atoms with Gasteiger partial charge in [0.2, 0.25) is 0 Å². The van der Waals surface area contributed by atoms with Crippen LogP contribution in [-0.2, 0) is 6.54 Å². The van der Waals surface area contributed by atoms with Crippen LogP contribution < -0.4 is 16.6 Å². The topological polar surface area (TPSA) is 66.9 Å². The van der Waals surface area contributed by atoms with Gasteiger partial charge in [-0.2, -0.15) is 0 Å².